The van der Waals surface area contributed by atoms with Gasteiger partial charge in [0.25, 0.3) is 0 Å². The third kappa shape index (κ3) is 2.50. The molecule has 3 aromatic rings. The van der Waals surface area contributed by atoms with Crippen LogP contribution in [0, 0.1) is 10.8 Å². The Labute approximate surface area is 191 Å². The van der Waals surface area contributed by atoms with E-state index >= 15 is 0 Å². The molecular weight excluding hydrogens is 418 g/mol. The standard InChI is InChI=1S/C27H23NO5/c1-26(23(29)18-8-3-2-4-9-18)22-21-19-10-6-5-7-17(19)11-12-20(21)33-25(31)27(22,26)24(30)28-13-15-32-16-14-28/h2-12,22H,13-16H2,1H3/t22-,26-,27+/m1/s1. The van der Waals surface area contributed by atoms with Gasteiger partial charge in [0.15, 0.2) is 11.2 Å². The van der Waals surface area contributed by atoms with Gasteiger partial charge in [0.1, 0.15) is 5.75 Å². The number of ketones is 1. The lowest BCUT2D eigenvalue weighted by Crippen LogP contribution is -2.50. The van der Waals surface area contributed by atoms with Gasteiger partial charge in [-0.05, 0) is 23.8 Å². The number of benzene rings is 3. The lowest BCUT2D eigenvalue weighted by molar-refractivity contribution is -0.156. The van der Waals surface area contributed by atoms with E-state index in [0.29, 0.717) is 37.6 Å². The first-order chi connectivity index (χ1) is 16.0. The van der Waals surface area contributed by atoms with Gasteiger partial charge in [-0.2, -0.15) is 0 Å². The summed E-state index contributed by atoms with van der Waals surface area (Å²) in [5.74, 6) is -1.37. The molecule has 0 N–H and O–H groups in total. The van der Waals surface area contributed by atoms with Crippen LogP contribution in [0.25, 0.3) is 10.8 Å². The Kier molecular flexibility index (Phi) is 4.26. The molecule has 1 saturated heterocycles. The molecular formula is C27H23NO5. The van der Waals surface area contributed by atoms with E-state index in [1.54, 1.807) is 42.2 Å². The Balaban J connectivity index is 1.59. The topological polar surface area (TPSA) is 72.9 Å². The number of Topliss-reactive ketones (excluding diaryl/α,β-unsaturated/α-hetero) is 1. The fourth-order valence-electron chi connectivity index (χ4n) is 5.95. The molecule has 3 aliphatic rings. The molecule has 33 heavy (non-hydrogen) atoms. The number of amides is 1. The Morgan fingerprint density at radius 1 is 0.939 bits per heavy atom. The average Bonchev–Trinajstić information content (AvgIpc) is 3.46. The molecule has 1 amide bonds. The van der Waals surface area contributed by atoms with Gasteiger partial charge >= 0.3 is 5.97 Å². The highest BCUT2D eigenvalue weighted by molar-refractivity contribution is 6.22. The fraction of sp³-hybridized carbons (Fsp3) is 0.296. The normalized spacial score (nSPS) is 28.0. The molecule has 0 unspecified atom stereocenters. The number of ether oxygens (including phenoxy) is 2. The van der Waals surface area contributed by atoms with Crippen LogP contribution < -0.4 is 4.74 Å². The zero-order valence-electron chi connectivity index (χ0n) is 18.2. The lowest BCUT2D eigenvalue weighted by Gasteiger charge is -2.32. The second-order valence-corrected chi connectivity index (χ2v) is 9.13. The average molecular weight is 441 g/mol. The third-order valence-corrected chi connectivity index (χ3v) is 7.63. The summed E-state index contributed by atoms with van der Waals surface area (Å²) in [4.78, 5) is 43.3. The predicted molar refractivity (Wildman–Crippen MR) is 121 cm³/mol. The molecule has 1 saturated carbocycles. The van der Waals surface area contributed by atoms with Gasteiger partial charge < -0.3 is 14.4 Å². The summed E-state index contributed by atoms with van der Waals surface area (Å²) < 4.78 is 11.2. The van der Waals surface area contributed by atoms with E-state index in [-0.39, 0.29) is 11.7 Å². The van der Waals surface area contributed by atoms with Crippen molar-refractivity contribution in [2.24, 2.45) is 10.8 Å². The molecule has 0 aromatic heterocycles. The minimum Gasteiger partial charge on any atom is -0.425 e. The summed E-state index contributed by atoms with van der Waals surface area (Å²) in [6.45, 7) is 3.34. The second kappa shape index (κ2) is 6.99. The van der Waals surface area contributed by atoms with Crippen LogP contribution in [-0.4, -0.2) is 48.9 Å². The van der Waals surface area contributed by atoms with Crippen LogP contribution in [0.1, 0.15) is 28.8 Å². The summed E-state index contributed by atoms with van der Waals surface area (Å²) in [5.41, 5.74) is -1.59. The van der Waals surface area contributed by atoms with Crippen molar-refractivity contribution in [2.75, 3.05) is 26.3 Å². The number of morpholine rings is 1. The van der Waals surface area contributed by atoms with Crippen molar-refractivity contribution in [1.29, 1.82) is 0 Å². The summed E-state index contributed by atoms with van der Waals surface area (Å²) in [5, 5.41) is 1.87. The number of hydrogen-bond acceptors (Lipinski definition) is 5. The minimum atomic E-state index is -1.59. The summed E-state index contributed by atoms with van der Waals surface area (Å²) >= 11 is 0. The van der Waals surface area contributed by atoms with Gasteiger partial charge in [-0.3, -0.25) is 14.4 Å². The molecule has 2 heterocycles. The summed E-state index contributed by atoms with van der Waals surface area (Å²) in [7, 11) is 0. The zero-order chi connectivity index (χ0) is 22.8. The highest BCUT2D eigenvalue weighted by atomic mass is 16.5. The van der Waals surface area contributed by atoms with E-state index in [1.165, 1.54) is 0 Å². The van der Waals surface area contributed by atoms with Crippen molar-refractivity contribution in [2.45, 2.75) is 12.8 Å². The predicted octanol–water partition coefficient (Wildman–Crippen LogP) is 3.59. The first-order valence-electron chi connectivity index (χ1n) is 11.2. The second-order valence-electron chi connectivity index (χ2n) is 9.13. The molecule has 166 valence electrons. The lowest BCUT2D eigenvalue weighted by atomic mass is 9.86. The smallest absolute Gasteiger partial charge is 0.328 e. The van der Waals surface area contributed by atoms with Crippen LogP contribution in [0.4, 0.5) is 0 Å². The van der Waals surface area contributed by atoms with Crippen LogP contribution in [-0.2, 0) is 14.3 Å². The van der Waals surface area contributed by atoms with Crippen molar-refractivity contribution >= 4 is 28.4 Å². The maximum Gasteiger partial charge on any atom is 0.328 e. The van der Waals surface area contributed by atoms with Crippen LogP contribution >= 0.6 is 0 Å². The number of carbonyl (C=O) groups excluding carboxylic acids is 3. The molecule has 6 nitrogen and oxygen atoms in total. The van der Waals surface area contributed by atoms with Crippen molar-refractivity contribution < 1.29 is 23.9 Å². The Morgan fingerprint density at radius 3 is 2.39 bits per heavy atom. The van der Waals surface area contributed by atoms with Crippen molar-refractivity contribution in [3.8, 4) is 5.75 Å². The van der Waals surface area contributed by atoms with E-state index in [4.69, 9.17) is 9.47 Å². The molecule has 0 bridgehead atoms. The maximum absolute atomic E-state index is 14.0. The van der Waals surface area contributed by atoms with Crippen LogP contribution in [0.2, 0.25) is 0 Å². The van der Waals surface area contributed by atoms with Crippen molar-refractivity contribution in [3.63, 3.8) is 0 Å². The monoisotopic (exact) mass is 441 g/mol. The Bertz CT molecular complexity index is 1310. The molecule has 2 aliphatic heterocycles. The highest BCUT2D eigenvalue weighted by Gasteiger charge is 2.88. The molecule has 1 aliphatic carbocycles. The number of carbonyl (C=O) groups is 3. The largest absolute Gasteiger partial charge is 0.425 e. The first kappa shape index (κ1) is 20.1. The molecule has 0 radical (unpaired) electrons. The first-order valence-corrected chi connectivity index (χ1v) is 11.2. The molecule has 3 atom stereocenters. The van der Waals surface area contributed by atoms with E-state index in [1.807, 2.05) is 36.4 Å². The van der Waals surface area contributed by atoms with Gasteiger partial charge in [0.05, 0.1) is 18.6 Å². The van der Waals surface area contributed by atoms with Gasteiger partial charge in [0, 0.05) is 30.1 Å². The molecule has 6 heteroatoms. The van der Waals surface area contributed by atoms with Crippen molar-refractivity contribution in [1.82, 2.24) is 4.90 Å². The van der Waals surface area contributed by atoms with Crippen LogP contribution in [0.5, 0.6) is 5.75 Å². The summed E-state index contributed by atoms with van der Waals surface area (Å²) in [6, 6.07) is 20.4. The SMILES string of the molecule is C[C@]1(C(=O)c2ccccc2)[C@H]2c3c(ccc4ccccc34)OC(=O)[C@@]21C(=O)N1CCOCC1. The van der Waals surface area contributed by atoms with E-state index in [2.05, 4.69) is 0 Å². The van der Waals surface area contributed by atoms with Crippen molar-refractivity contribution in [3.05, 3.63) is 77.9 Å². The number of esters is 1. The Morgan fingerprint density at radius 2 is 1.64 bits per heavy atom. The quantitative estimate of drug-likeness (QED) is 0.269. The number of hydrogen-bond donors (Lipinski definition) is 0. The molecule has 6 rings (SSSR count). The van der Waals surface area contributed by atoms with Gasteiger partial charge in [-0.25, -0.2) is 0 Å². The number of fused-ring (bicyclic) bond motifs is 5. The van der Waals surface area contributed by atoms with Crippen LogP contribution in [0.15, 0.2) is 66.7 Å². The Hall–Kier alpha value is -3.51. The molecule has 2 fully saturated rings. The number of nitrogens with zero attached hydrogens (tertiary/aromatic N) is 1. The molecule has 3 aromatic carbocycles. The highest BCUT2D eigenvalue weighted by Crippen LogP contribution is 2.79. The van der Waals surface area contributed by atoms with E-state index < -0.39 is 22.7 Å². The van der Waals surface area contributed by atoms with Gasteiger partial charge in [-0.15, -0.1) is 0 Å². The third-order valence-electron chi connectivity index (χ3n) is 7.63. The van der Waals surface area contributed by atoms with Gasteiger partial charge in [-0.1, -0.05) is 60.7 Å². The number of rotatable bonds is 3. The maximum atomic E-state index is 14.0. The fourth-order valence-corrected chi connectivity index (χ4v) is 5.95. The zero-order valence-corrected chi connectivity index (χ0v) is 18.2. The van der Waals surface area contributed by atoms with Gasteiger partial charge in [0.2, 0.25) is 5.91 Å². The molecule has 0 spiro atoms. The van der Waals surface area contributed by atoms with Crippen LogP contribution in [0.3, 0.4) is 0 Å². The minimum absolute atomic E-state index is 0.215. The van der Waals surface area contributed by atoms with E-state index in [9.17, 15) is 14.4 Å². The summed E-state index contributed by atoms with van der Waals surface area (Å²) in [6.07, 6.45) is 0. The van der Waals surface area contributed by atoms with E-state index in [0.717, 1.165) is 16.3 Å².